The van der Waals surface area contributed by atoms with Crippen LogP contribution in [-0.4, -0.2) is 26.2 Å². The number of nitrogens with one attached hydrogen (secondary N) is 1. The number of thiophene rings is 1. The zero-order valence-electron chi connectivity index (χ0n) is 16.8. The van der Waals surface area contributed by atoms with Gasteiger partial charge in [-0.05, 0) is 18.1 Å². The van der Waals surface area contributed by atoms with Crippen molar-refractivity contribution < 1.29 is 9.72 Å². The standard InChI is InChI=1S/C21H17N5O4S2/c1-12-6-5-9-15(26(29)30)18(12)23-16(27)11-32-21-24-19-17(20(28)25(21)22)14(10-31-19)13-7-3-2-4-8-13/h2-10H,11,22H2,1H3,(H,23,27). The smallest absolute Gasteiger partial charge is 0.293 e. The van der Waals surface area contributed by atoms with Crippen molar-refractivity contribution in [3.8, 4) is 11.1 Å². The molecular formula is C21H17N5O4S2. The molecule has 9 nitrogen and oxygen atoms in total. The average molecular weight is 468 g/mol. The molecule has 0 aliphatic carbocycles. The van der Waals surface area contributed by atoms with Crippen molar-refractivity contribution in [1.82, 2.24) is 9.66 Å². The molecule has 0 unspecified atom stereocenters. The third-order valence-electron chi connectivity index (χ3n) is 4.74. The van der Waals surface area contributed by atoms with Crippen LogP contribution in [0.25, 0.3) is 21.3 Å². The second-order valence-corrected chi connectivity index (χ2v) is 8.63. The van der Waals surface area contributed by atoms with E-state index in [1.54, 1.807) is 19.1 Å². The zero-order chi connectivity index (χ0) is 22.8. The first-order chi connectivity index (χ1) is 15.4. The van der Waals surface area contributed by atoms with Gasteiger partial charge in [-0.1, -0.05) is 54.2 Å². The van der Waals surface area contributed by atoms with E-state index < -0.39 is 16.4 Å². The lowest BCUT2D eigenvalue weighted by atomic mass is 10.1. The van der Waals surface area contributed by atoms with E-state index in [9.17, 15) is 19.7 Å². The highest BCUT2D eigenvalue weighted by molar-refractivity contribution is 7.99. The molecule has 0 spiro atoms. The van der Waals surface area contributed by atoms with Crippen LogP contribution in [0.4, 0.5) is 11.4 Å². The Bertz CT molecular complexity index is 1400. The molecule has 11 heteroatoms. The Hall–Kier alpha value is -3.70. The number of carbonyl (C=O) groups excluding carboxylic acids is 1. The number of nitrogen functional groups attached to an aromatic ring is 1. The first-order valence-electron chi connectivity index (χ1n) is 9.38. The van der Waals surface area contributed by atoms with E-state index in [1.165, 1.54) is 17.4 Å². The van der Waals surface area contributed by atoms with Gasteiger partial charge in [-0.3, -0.25) is 19.7 Å². The van der Waals surface area contributed by atoms with Crippen molar-refractivity contribution >= 4 is 50.6 Å². The minimum atomic E-state index is -0.552. The molecule has 1 amide bonds. The highest BCUT2D eigenvalue weighted by atomic mass is 32.2. The molecule has 2 heterocycles. The largest absolute Gasteiger partial charge is 0.334 e. The van der Waals surface area contributed by atoms with Crippen molar-refractivity contribution in [2.24, 2.45) is 0 Å². The zero-order valence-corrected chi connectivity index (χ0v) is 18.4. The van der Waals surface area contributed by atoms with Gasteiger partial charge in [-0.15, -0.1) is 11.3 Å². The molecule has 2 aromatic carbocycles. The molecule has 0 saturated heterocycles. The number of aryl methyl sites for hydroxylation is 1. The number of para-hydroxylation sites is 1. The summed E-state index contributed by atoms with van der Waals surface area (Å²) in [6.07, 6.45) is 0. The predicted octanol–water partition coefficient (Wildman–Crippen LogP) is 3.79. The highest BCUT2D eigenvalue weighted by Gasteiger charge is 2.20. The molecule has 0 atom stereocenters. The molecule has 32 heavy (non-hydrogen) atoms. The van der Waals surface area contributed by atoms with Gasteiger partial charge in [0.1, 0.15) is 10.5 Å². The number of thioether (sulfide) groups is 1. The quantitative estimate of drug-likeness (QED) is 0.145. The van der Waals surface area contributed by atoms with Crippen LogP contribution >= 0.6 is 23.1 Å². The number of nitrogens with two attached hydrogens (primary N) is 1. The summed E-state index contributed by atoms with van der Waals surface area (Å²) in [5.74, 6) is 5.38. The molecule has 0 aliphatic heterocycles. The Morgan fingerprint density at radius 3 is 2.72 bits per heavy atom. The van der Waals surface area contributed by atoms with Gasteiger partial charge >= 0.3 is 0 Å². The number of amides is 1. The van der Waals surface area contributed by atoms with E-state index in [0.717, 1.165) is 27.6 Å². The Morgan fingerprint density at radius 1 is 1.25 bits per heavy atom. The van der Waals surface area contributed by atoms with Crippen LogP contribution in [-0.2, 0) is 4.79 Å². The minimum absolute atomic E-state index is 0.127. The monoisotopic (exact) mass is 467 g/mol. The lowest BCUT2D eigenvalue weighted by molar-refractivity contribution is -0.384. The number of hydrogen-bond acceptors (Lipinski definition) is 8. The highest BCUT2D eigenvalue weighted by Crippen LogP contribution is 2.32. The van der Waals surface area contributed by atoms with Gasteiger partial charge in [0.2, 0.25) is 5.91 Å². The van der Waals surface area contributed by atoms with E-state index in [0.29, 0.717) is 15.8 Å². The Kier molecular flexibility index (Phi) is 5.93. The molecule has 0 aliphatic rings. The molecule has 2 aromatic heterocycles. The third-order valence-corrected chi connectivity index (χ3v) is 6.56. The van der Waals surface area contributed by atoms with Gasteiger partial charge in [0.15, 0.2) is 5.16 Å². The van der Waals surface area contributed by atoms with E-state index in [-0.39, 0.29) is 22.3 Å². The van der Waals surface area contributed by atoms with Gasteiger partial charge in [0.25, 0.3) is 11.2 Å². The predicted molar refractivity (Wildman–Crippen MR) is 127 cm³/mol. The van der Waals surface area contributed by atoms with E-state index in [2.05, 4.69) is 10.3 Å². The van der Waals surface area contributed by atoms with Gasteiger partial charge in [0.05, 0.1) is 16.1 Å². The number of anilines is 1. The van der Waals surface area contributed by atoms with E-state index in [1.807, 2.05) is 35.7 Å². The molecule has 0 bridgehead atoms. The lowest BCUT2D eigenvalue weighted by Crippen LogP contribution is -2.30. The second-order valence-electron chi connectivity index (χ2n) is 6.83. The number of hydrogen-bond donors (Lipinski definition) is 2. The third kappa shape index (κ3) is 4.07. The topological polar surface area (TPSA) is 133 Å². The van der Waals surface area contributed by atoms with Crippen LogP contribution in [0.3, 0.4) is 0 Å². The van der Waals surface area contributed by atoms with Crippen molar-refractivity contribution in [2.75, 3.05) is 16.9 Å². The molecule has 4 rings (SSSR count). The Labute approximate surface area is 190 Å². The average Bonchev–Trinajstić information content (AvgIpc) is 3.21. The van der Waals surface area contributed by atoms with Gasteiger partial charge in [0, 0.05) is 17.0 Å². The second kappa shape index (κ2) is 8.81. The van der Waals surface area contributed by atoms with Crippen molar-refractivity contribution in [2.45, 2.75) is 12.1 Å². The fraction of sp³-hybridized carbons (Fsp3) is 0.0952. The Morgan fingerprint density at radius 2 is 2.00 bits per heavy atom. The summed E-state index contributed by atoms with van der Waals surface area (Å²) in [5, 5.41) is 16.3. The van der Waals surface area contributed by atoms with Crippen LogP contribution in [0, 0.1) is 17.0 Å². The van der Waals surface area contributed by atoms with Crippen molar-refractivity contribution in [1.29, 1.82) is 0 Å². The first kappa shape index (κ1) is 21.5. The number of fused-ring (bicyclic) bond motifs is 1. The number of nitro benzene ring substituents is 1. The normalized spacial score (nSPS) is 10.9. The number of nitrogens with zero attached hydrogens (tertiary/aromatic N) is 3. The first-order valence-corrected chi connectivity index (χ1v) is 11.2. The van der Waals surface area contributed by atoms with Crippen LogP contribution < -0.4 is 16.7 Å². The van der Waals surface area contributed by atoms with Gasteiger partial charge in [-0.25, -0.2) is 9.66 Å². The summed E-state index contributed by atoms with van der Waals surface area (Å²) in [7, 11) is 0. The maximum atomic E-state index is 12.9. The molecule has 4 aromatic rings. The molecule has 0 radical (unpaired) electrons. The maximum absolute atomic E-state index is 12.9. The van der Waals surface area contributed by atoms with Crippen LogP contribution in [0.15, 0.2) is 63.9 Å². The van der Waals surface area contributed by atoms with Crippen molar-refractivity contribution in [3.63, 3.8) is 0 Å². The van der Waals surface area contributed by atoms with E-state index >= 15 is 0 Å². The Balaban J connectivity index is 1.57. The maximum Gasteiger partial charge on any atom is 0.293 e. The summed E-state index contributed by atoms with van der Waals surface area (Å²) in [6.45, 7) is 1.67. The molecule has 162 valence electrons. The van der Waals surface area contributed by atoms with E-state index in [4.69, 9.17) is 5.84 Å². The molecule has 3 N–H and O–H groups in total. The van der Waals surface area contributed by atoms with Crippen LogP contribution in [0.5, 0.6) is 0 Å². The number of benzene rings is 2. The minimum Gasteiger partial charge on any atom is -0.334 e. The SMILES string of the molecule is Cc1cccc([N+](=O)[O-])c1NC(=O)CSc1nc2scc(-c3ccccc3)c2c(=O)n1N. The summed E-state index contributed by atoms with van der Waals surface area (Å²) < 4.78 is 0.926. The number of aromatic nitrogens is 2. The summed E-state index contributed by atoms with van der Waals surface area (Å²) in [6, 6.07) is 14.0. The number of carbonyl (C=O) groups is 1. The lowest BCUT2D eigenvalue weighted by Gasteiger charge is -2.10. The van der Waals surface area contributed by atoms with Crippen molar-refractivity contribution in [3.05, 3.63) is 79.9 Å². The molecule has 0 saturated carbocycles. The fourth-order valence-electron chi connectivity index (χ4n) is 3.19. The van der Waals surface area contributed by atoms with Gasteiger partial charge in [-0.2, -0.15) is 0 Å². The number of nitro groups is 1. The van der Waals surface area contributed by atoms with Crippen LogP contribution in [0.2, 0.25) is 0 Å². The number of rotatable bonds is 6. The summed E-state index contributed by atoms with van der Waals surface area (Å²) >= 11 is 2.30. The molecular weight excluding hydrogens is 450 g/mol. The van der Waals surface area contributed by atoms with Crippen LogP contribution in [0.1, 0.15) is 5.56 Å². The van der Waals surface area contributed by atoms with Gasteiger partial charge < -0.3 is 11.2 Å². The molecule has 0 fully saturated rings. The fourth-order valence-corrected chi connectivity index (χ4v) is 4.90. The summed E-state index contributed by atoms with van der Waals surface area (Å²) in [5.41, 5.74) is 1.75. The summed E-state index contributed by atoms with van der Waals surface area (Å²) in [4.78, 5) is 41.0.